The van der Waals surface area contributed by atoms with Crippen molar-refractivity contribution in [3.05, 3.63) is 45.8 Å². The maximum atomic E-state index is 11.4. The quantitative estimate of drug-likeness (QED) is 0.522. The molecule has 0 atom stereocenters. The normalized spacial score (nSPS) is 14.6. The number of benzene rings is 1. The first-order chi connectivity index (χ1) is 7.79. The van der Waals surface area contributed by atoms with Crippen molar-refractivity contribution in [2.75, 3.05) is 0 Å². The predicted octanol–water partition coefficient (Wildman–Crippen LogP) is 0.439. The third-order valence-electron chi connectivity index (χ3n) is 2.90. The zero-order valence-electron chi connectivity index (χ0n) is 8.44. The van der Waals surface area contributed by atoms with Crippen molar-refractivity contribution in [2.45, 2.75) is 0 Å². The monoisotopic (exact) mass is 208 g/mol. The highest BCUT2D eigenvalue weighted by molar-refractivity contribution is 6.47. The average Bonchev–Trinajstić information content (AvgIpc) is 2.90. The van der Waals surface area contributed by atoms with E-state index in [1.54, 1.807) is 6.08 Å². The van der Waals surface area contributed by atoms with E-state index in [1.165, 1.54) is 0 Å². The summed E-state index contributed by atoms with van der Waals surface area (Å²) in [7, 11) is 0. The minimum Gasteiger partial charge on any atom is -0.294 e. The molecule has 0 N–H and O–H groups in total. The van der Waals surface area contributed by atoms with E-state index in [0.29, 0.717) is 11.9 Å². The van der Waals surface area contributed by atoms with E-state index in [9.17, 15) is 9.59 Å². The lowest BCUT2D eigenvalue weighted by Gasteiger charge is -2.00. The van der Waals surface area contributed by atoms with Crippen LogP contribution in [0.25, 0.3) is 23.8 Å². The number of allylic oxidation sites excluding steroid dienone is 3. The van der Waals surface area contributed by atoms with E-state index in [0.717, 1.165) is 21.6 Å². The summed E-state index contributed by atoms with van der Waals surface area (Å²) >= 11 is 0. The molecule has 2 aliphatic rings. The van der Waals surface area contributed by atoms with Crippen LogP contribution in [0.3, 0.4) is 0 Å². The van der Waals surface area contributed by atoms with Crippen molar-refractivity contribution < 1.29 is 9.59 Å². The van der Waals surface area contributed by atoms with E-state index >= 15 is 0 Å². The highest BCUT2D eigenvalue weighted by Gasteiger charge is 2.16. The Hall–Kier alpha value is -2.22. The summed E-state index contributed by atoms with van der Waals surface area (Å²) in [6, 6.07) is 3.99. The number of rotatable bonds is 2. The molecular weight excluding hydrogens is 200 g/mol. The zero-order chi connectivity index (χ0) is 11.1. The SMILES string of the molecule is O=CC(=O)C1=CC=c2cc3c(cc21)=CC=C3. The van der Waals surface area contributed by atoms with Gasteiger partial charge < -0.3 is 0 Å². The van der Waals surface area contributed by atoms with Gasteiger partial charge >= 0.3 is 0 Å². The molecule has 0 aliphatic heterocycles. The Bertz CT molecular complexity index is 688. The van der Waals surface area contributed by atoms with Crippen LogP contribution in [0, 0.1) is 0 Å². The summed E-state index contributed by atoms with van der Waals surface area (Å²) in [4.78, 5) is 21.9. The van der Waals surface area contributed by atoms with Crippen LogP contribution in [-0.2, 0) is 9.59 Å². The second-order valence-electron chi connectivity index (χ2n) is 3.82. The van der Waals surface area contributed by atoms with E-state index in [4.69, 9.17) is 0 Å². The second-order valence-corrected chi connectivity index (χ2v) is 3.82. The van der Waals surface area contributed by atoms with Crippen molar-refractivity contribution in [3.63, 3.8) is 0 Å². The number of hydrogen-bond acceptors (Lipinski definition) is 2. The van der Waals surface area contributed by atoms with E-state index in [-0.39, 0.29) is 0 Å². The van der Waals surface area contributed by atoms with Gasteiger partial charge in [-0.05, 0) is 39.8 Å². The standard InChI is InChI=1S/C14H8O2/c15-8-14(16)12-5-4-11-6-9-2-1-3-10(9)7-13(11)12/h1-8H. The highest BCUT2D eigenvalue weighted by atomic mass is 16.2. The summed E-state index contributed by atoms with van der Waals surface area (Å²) < 4.78 is 0. The van der Waals surface area contributed by atoms with Gasteiger partial charge in [-0.1, -0.05) is 24.3 Å². The van der Waals surface area contributed by atoms with Gasteiger partial charge in [0.1, 0.15) is 0 Å². The topological polar surface area (TPSA) is 34.1 Å². The fourth-order valence-corrected chi connectivity index (χ4v) is 2.11. The van der Waals surface area contributed by atoms with Crippen molar-refractivity contribution in [1.29, 1.82) is 0 Å². The van der Waals surface area contributed by atoms with Crippen LogP contribution < -0.4 is 10.4 Å². The Morgan fingerprint density at radius 3 is 2.75 bits per heavy atom. The zero-order valence-corrected chi connectivity index (χ0v) is 8.44. The summed E-state index contributed by atoms with van der Waals surface area (Å²) in [5.41, 5.74) is 2.51. The van der Waals surface area contributed by atoms with Gasteiger partial charge in [0.25, 0.3) is 0 Å². The predicted molar refractivity (Wildman–Crippen MR) is 62.7 cm³/mol. The molecule has 1 aromatic carbocycles. The first kappa shape index (κ1) is 9.04. The Kier molecular flexibility index (Phi) is 1.77. The van der Waals surface area contributed by atoms with Gasteiger partial charge in [-0.15, -0.1) is 0 Å². The van der Waals surface area contributed by atoms with E-state index in [1.807, 2.05) is 36.4 Å². The first-order valence-electron chi connectivity index (χ1n) is 5.04. The summed E-state index contributed by atoms with van der Waals surface area (Å²) in [5.74, 6) is -0.457. The molecule has 0 unspecified atom stereocenters. The van der Waals surface area contributed by atoms with Crippen LogP contribution in [0.5, 0.6) is 0 Å². The summed E-state index contributed by atoms with van der Waals surface area (Å²) in [5, 5.41) is 2.10. The molecule has 0 bridgehead atoms. The number of hydrogen-bond donors (Lipinski definition) is 0. The Labute approximate surface area is 91.9 Å². The van der Waals surface area contributed by atoms with Crippen molar-refractivity contribution >= 4 is 35.9 Å². The number of Topliss-reactive ketones (excluding diaryl/α,β-unsaturated/α-hetero) is 1. The van der Waals surface area contributed by atoms with Crippen LogP contribution in [0.15, 0.2) is 24.3 Å². The fraction of sp³-hybridized carbons (Fsp3) is 0. The van der Waals surface area contributed by atoms with Gasteiger partial charge in [0, 0.05) is 5.57 Å². The molecule has 0 fully saturated rings. The maximum absolute atomic E-state index is 11.4. The van der Waals surface area contributed by atoms with Crippen molar-refractivity contribution in [1.82, 2.24) is 0 Å². The molecule has 16 heavy (non-hydrogen) atoms. The number of carbonyl (C=O) groups excluding carboxylic acids is 2. The Morgan fingerprint density at radius 1 is 1.06 bits per heavy atom. The number of carbonyl (C=O) groups is 2. The van der Waals surface area contributed by atoms with E-state index in [2.05, 4.69) is 0 Å². The van der Waals surface area contributed by atoms with Crippen LogP contribution >= 0.6 is 0 Å². The summed E-state index contributed by atoms with van der Waals surface area (Å²) in [6.45, 7) is 0. The second kappa shape index (κ2) is 3.14. The van der Waals surface area contributed by atoms with Gasteiger partial charge in [0.05, 0.1) is 0 Å². The minimum absolute atomic E-state index is 0.365. The largest absolute Gasteiger partial charge is 0.294 e. The Morgan fingerprint density at radius 2 is 1.94 bits per heavy atom. The van der Waals surface area contributed by atoms with Gasteiger partial charge in [0.2, 0.25) is 5.78 Å². The highest BCUT2D eigenvalue weighted by Crippen LogP contribution is 2.16. The van der Waals surface area contributed by atoms with Crippen LogP contribution in [-0.4, -0.2) is 12.1 Å². The number of ketones is 1. The third-order valence-corrected chi connectivity index (χ3v) is 2.90. The molecule has 0 radical (unpaired) electrons. The maximum Gasteiger partial charge on any atom is 0.225 e. The Balaban J connectivity index is 2.24. The van der Waals surface area contributed by atoms with Crippen molar-refractivity contribution in [3.8, 4) is 0 Å². The van der Waals surface area contributed by atoms with Gasteiger partial charge in [-0.3, -0.25) is 9.59 Å². The van der Waals surface area contributed by atoms with Crippen LogP contribution in [0.4, 0.5) is 0 Å². The average molecular weight is 208 g/mol. The molecule has 0 heterocycles. The van der Waals surface area contributed by atoms with E-state index < -0.39 is 5.78 Å². The molecule has 1 aromatic rings. The molecule has 0 saturated carbocycles. The molecule has 0 aromatic heterocycles. The molecule has 2 heteroatoms. The molecule has 0 spiro atoms. The molecule has 0 saturated heterocycles. The van der Waals surface area contributed by atoms with Gasteiger partial charge in [-0.25, -0.2) is 0 Å². The molecular formula is C14H8O2. The third kappa shape index (κ3) is 1.13. The summed E-state index contributed by atoms with van der Waals surface area (Å²) in [6.07, 6.45) is 9.95. The molecule has 76 valence electrons. The smallest absolute Gasteiger partial charge is 0.225 e. The lowest BCUT2D eigenvalue weighted by molar-refractivity contribution is -0.126. The molecule has 2 nitrogen and oxygen atoms in total. The van der Waals surface area contributed by atoms with Gasteiger partial charge in [-0.2, -0.15) is 0 Å². The molecule has 3 rings (SSSR count). The van der Waals surface area contributed by atoms with Crippen molar-refractivity contribution in [2.24, 2.45) is 0 Å². The number of fused-ring (bicyclic) bond motifs is 2. The van der Waals surface area contributed by atoms with Gasteiger partial charge in [0.15, 0.2) is 6.29 Å². The fourth-order valence-electron chi connectivity index (χ4n) is 2.11. The van der Waals surface area contributed by atoms with Crippen LogP contribution in [0.2, 0.25) is 0 Å². The number of aldehydes is 1. The lowest BCUT2D eigenvalue weighted by Crippen LogP contribution is -2.16. The minimum atomic E-state index is -0.457. The lowest BCUT2D eigenvalue weighted by atomic mass is 10.0. The first-order valence-corrected chi connectivity index (χ1v) is 5.04. The molecule has 0 amide bonds. The van der Waals surface area contributed by atoms with Crippen LogP contribution in [0.1, 0.15) is 11.1 Å². The molecule has 2 aliphatic carbocycles.